The van der Waals surface area contributed by atoms with Crippen molar-refractivity contribution in [3.05, 3.63) is 41.3 Å². The van der Waals surface area contributed by atoms with Crippen LogP contribution in [0.15, 0.2) is 35.7 Å². The Hall–Kier alpha value is -1.33. The van der Waals surface area contributed by atoms with Crippen LogP contribution in [-0.2, 0) is 16.4 Å². The Bertz CT molecular complexity index is 564. The van der Waals surface area contributed by atoms with Crippen molar-refractivity contribution >= 4 is 9.84 Å². The zero-order valence-corrected chi connectivity index (χ0v) is 12.0. The van der Waals surface area contributed by atoms with Crippen LogP contribution in [0.25, 0.3) is 0 Å². The van der Waals surface area contributed by atoms with Gasteiger partial charge in [-0.1, -0.05) is 18.2 Å². The van der Waals surface area contributed by atoms with Gasteiger partial charge in [-0.15, -0.1) is 0 Å². The second kappa shape index (κ2) is 5.75. The van der Waals surface area contributed by atoms with Gasteiger partial charge in [0.05, 0.1) is 11.9 Å². The van der Waals surface area contributed by atoms with E-state index < -0.39 is 9.84 Å². The van der Waals surface area contributed by atoms with Crippen LogP contribution in [0.3, 0.4) is 0 Å². The molecule has 2 rings (SSSR count). The van der Waals surface area contributed by atoms with E-state index in [-0.39, 0.29) is 17.9 Å². The predicted octanol–water partition coefficient (Wildman–Crippen LogP) is 1.87. The third kappa shape index (κ3) is 4.36. The van der Waals surface area contributed by atoms with E-state index in [0.29, 0.717) is 6.54 Å². The van der Waals surface area contributed by atoms with Gasteiger partial charge in [-0.3, -0.25) is 0 Å². The van der Waals surface area contributed by atoms with Gasteiger partial charge in [0.1, 0.15) is 5.75 Å². The lowest BCUT2D eigenvalue weighted by molar-refractivity contribution is 0.242. The highest BCUT2D eigenvalue weighted by atomic mass is 32.2. The van der Waals surface area contributed by atoms with Crippen LogP contribution >= 0.6 is 0 Å². The maximum Gasteiger partial charge on any atom is 0.173 e. The second-order valence-corrected chi connectivity index (χ2v) is 6.89. The summed E-state index contributed by atoms with van der Waals surface area (Å²) in [6.45, 7) is 4.60. The number of rotatable bonds is 5. The lowest BCUT2D eigenvalue weighted by Crippen LogP contribution is -2.29. The standard InChI is InChI=1S/C14H19NO3S/c1-11(2)18-14-5-3-4-12(8-14)9-15-13-6-7-19(16,17)10-13/h3-8,11,13,15H,9-10H2,1-2H3. The molecule has 5 heteroatoms. The first-order valence-corrected chi connectivity index (χ1v) is 8.06. The molecule has 1 aromatic rings. The summed E-state index contributed by atoms with van der Waals surface area (Å²) in [5.74, 6) is 0.985. The first-order valence-electron chi connectivity index (χ1n) is 6.34. The van der Waals surface area contributed by atoms with Crippen LogP contribution in [0.2, 0.25) is 0 Å². The Labute approximate surface area is 114 Å². The van der Waals surface area contributed by atoms with Crippen LogP contribution in [0.5, 0.6) is 5.75 Å². The summed E-state index contributed by atoms with van der Waals surface area (Å²) >= 11 is 0. The largest absolute Gasteiger partial charge is 0.491 e. The molecule has 0 spiro atoms. The number of ether oxygens (including phenoxy) is 1. The van der Waals surface area contributed by atoms with Crippen LogP contribution in [0.4, 0.5) is 0 Å². The summed E-state index contributed by atoms with van der Waals surface area (Å²) in [6, 6.07) is 7.73. The van der Waals surface area contributed by atoms with Crippen molar-refractivity contribution < 1.29 is 13.2 Å². The van der Waals surface area contributed by atoms with E-state index in [0.717, 1.165) is 11.3 Å². The SMILES string of the molecule is CC(C)Oc1cccc(CNC2C=CS(=O)(=O)C2)c1. The van der Waals surface area contributed by atoms with Crippen LogP contribution in [-0.4, -0.2) is 26.3 Å². The molecule has 104 valence electrons. The van der Waals surface area contributed by atoms with Gasteiger partial charge in [-0.25, -0.2) is 8.42 Å². The van der Waals surface area contributed by atoms with E-state index in [2.05, 4.69) is 5.32 Å². The van der Waals surface area contributed by atoms with E-state index in [4.69, 9.17) is 4.74 Å². The lowest BCUT2D eigenvalue weighted by Gasteiger charge is -2.13. The summed E-state index contributed by atoms with van der Waals surface area (Å²) in [4.78, 5) is 0. The fourth-order valence-corrected chi connectivity index (χ4v) is 3.22. The minimum Gasteiger partial charge on any atom is -0.491 e. The molecule has 1 aliphatic rings. The Balaban J connectivity index is 1.91. The van der Waals surface area contributed by atoms with E-state index in [1.165, 1.54) is 5.41 Å². The van der Waals surface area contributed by atoms with Crippen molar-refractivity contribution in [2.75, 3.05) is 5.75 Å². The van der Waals surface area contributed by atoms with Crippen molar-refractivity contribution in [2.45, 2.75) is 32.5 Å². The highest BCUT2D eigenvalue weighted by Gasteiger charge is 2.20. The van der Waals surface area contributed by atoms with E-state index in [1.807, 2.05) is 38.1 Å². The molecule has 19 heavy (non-hydrogen) atoms. The third-order valence-electron chi connectivity index (χ3n) is 2.77. The van der Waals surface area contributed by atoms with Crippen LogP contribution in [0, 0.1) is 0 Å². The minimum atomic E-state index is -2.99. The Morgan fingerprint density at radius 1 is 1.42 bits per heavy atom. The lowest BCUT2D eigenvalue weighted by atomic mass is 10.2. The van der Waals surface area contributed by atoms with E-state index >= 15 is 0 Å². The molecule has 1 N–H and O–H groups in total. The maximum absolute atomic E-state index is 11.3. The quantitative estimate of drug-likeness (QED) is 0.895. The molecular weight excluding hydrogens is 262 g/mol. The number of hydrogen-bond donors (Lipinski definition) is 1. The van der Waals surface area contributed by atoms with E-state index in [1.54, 1.807) is 6.08 Å². The second-order valence-electron chi connectivity index (χ2n) is 4.96. The average molecular weight is 281 g/mol. The number of hydrogen-bond acceptors (Lipinski definition) is 4. The first kappa shape index (κ1) is 14.1. The molecule has 0 bridgehead atoms. The first-order chi connectivity index (χ1) is 8.94. The highest BCUT2D eigenvalue weighted by molar-refractivity contribution is 7.94. The average Bonchev–Trinajstić information content (AvgIpc) is 2.66. The summed E-state index contributed by atoms with van der Waals surface area (Å²) in [5.41, 5.74) is 1.08. The smallest absolute Gasteiger partial charge is 0.173 e. The number of benzene rings is 1. The summed E-state index contributed by atoms with van der Waals surface area (Å²) in [6.07, 6.45) is 1.84. The normalized spacial score (nSPS) is 20.9. The van der Waals surface area contributed by atoms with Crippen molar-refractivity contribution in [3.8, 4) is 5.75 Å². The van der Waals surface area contributed by atoms with Crippen LogP contribution < -0.4 is 10.1 Å². The molecule has 0 amide bonds. The van der Waals surface area contributed by atoms with Gasteiger partial charge >= 0.3 is 0 Å². The van der Waals surface area contributed by atoms with Gasteiger partial charge < -0.3 is 10.1 Å². The predicted molar refractivity (Wildman–Crippen MR) is 75.8 cm³/mol. The van der Waals surface area contributed by atoms with Gasteiger partial charge in [-0.2, -0.15) is 0 Å². The van der Waals surface area contributed by atoms with Gasteiger partial charge in [0, 0.05) is 18.0 Å². The van der Waals surface area contributed by atoms with Crippen molar-refractivity contribution in [1.29, 1.82) is 0 Å². The summed E-state index contributed by atoms with van der Waals surface area (Å²) < 4.78 is 28.2. The topological polar surface area (TPSA) is 55.4 Å². The molecule has 0 saturated carbocycles. The fourth-order valence-electron chi connectivity index (χ4n) is 1.95. The number of nitrogens with one attached hydrogen (secondary N) is 1. The third-order valence-corrected chi connectivity index (χ3v) is 4.16. The Morgan fingerprint density at radius 2 is 2.21 bits per heavy atom. The molecule has 4 nitrogen and oxygen atoms in total. The molecule has 1 aliphatic heterocycles. The van der Waals surface area contributed by atoms with Crippen molar-refractivity contribution in [3.63, 3.8) is 0 Å². The summed E-state index contributed by atoms with van der Waals surface area (Å²) in [7, 11) is -2.99. The molecule has 1 unspecified atom stereocenters. The maximum atomic E-state index is 11.3. The molecule has 0 radical (unpaired) electrons. The fraction of sp³-hybridized carbons (Fsp3) is 0.429. The molecule has 1 heterocycles. The molecule has 0 aliphatic carbocycles. The Morgan fingerprint density at radius 3 is 2.84 bits per heavy atom. The highest BCUT2D eigenvalue weighted by Crippen LogP contribution is 2.15. The Kier molecular flexibility index (Phi) is 4.27. The zero-order chi connectivity index (χ0) is 13.9. The van der Waals surface area contributed by atoms with Gasteiger partial charge in [0.2, 0.25) is 0 Å². The molecule has 1 aromatic carbocycles. The van der Waals surface area contributed by atoms with Crippen LogP contribution in [0.1, 0.15) is 19.4 Å². The molecular formula is C14H19NO3S. The minimum absolute atomic E-state index is 0.0975. The monoisotopic (exact) mass is 281 g/mol. The number of sulfone groups is 1. The zero-order valence-electron chi connectivity index (χ0n) is 11.2. The molecule has 0 saturated heterocycles. The molecule has 0 aromatic heterocycles. The van der Waals surface area contributed by atoms with Crippen molar-refractivity contribution in [1.82, 2.24) is 5.32 Å². The molecule has 0 fully saturated rings. The van der Waals surface area contributed by atoms with Gasteiger partial charge in [0.15, 0.2) is 9.84 Å². The summed E-state index contributed by atoms with van der Waals surface area (Å²) in [5, 5.41) is 4.49. The van der Waals surface area contributed by atoms with Gasteiger partial charge in [-0.05, 0) is 31.5 Å². The van der Waals surface area contributed by atoms with Gasteiger partial charge in [0.25, 0.3) is 0 Å². The van der Waals surface area contributed by atoms with Crippen molar-refractivity contribution in [2.24, 2.45) is 0 Å². The molecule has 1 atom stereocenters. The van der Waals surface area contributed by atoms with E-state index in [9.17, 15) is 8.42 Å².